The smallest absolute Gasteiger partial charge is 0.218 e. The summed E-state index contributed by atoms with van der Waals surface area (Å²) in [4.78, 5) is 2.96. The number of fused-ring (bicyclic) bond motifs is 1. The van der Waals surface area contributed by atoms with Crippen LogP contribution in [0.5, 0.6) is 5.88 Å². The molecule has 2 N–H and O–H groups in total. The Balaban J connectivity index is 2.09. The van der Waals surface area contributed by atoms with Crippen molar-refractivity contribution in [1.29, 1.82) is 0 Å². The Hall–Kier alpha value is -2.62. The first kappa shape index (κ1) is 13.4. The van der Waals surface area contributed by atoms with Crippen molar-refractivity contribution in [3.8, 4) is 5.88 Å². The Morgan fingerprint density at radius 3 is 2.57 bits per heavy atom. The Morgan fingerprint density at radius 1 is 0.952 bits per heavy atom. The van der Waals surface area contributed by atoms with Gasteiger partial charge in [-0.2, -0.15) is 5.11 Å². The maximum absolute atomic E-state index is 10.1. The number of nitrogens with one attached hydrogen (secondary N) is 1. The monoisotopic (exact) mass is 279 g/mol. The van der Waals surface area contributed by atoms with Crippen molar-refractivity contribution in [3.63, 3.8) is 0 Å². The van der Waals surface area contributed by atoms with Gasteiger partial charge < -0.3 is 10.1 Å². The molecule has 4 nitrogen and oxygen atoms in total. The van der Waals surface area contributed by atoms with Crippen molar-refractivity contribution >= 4 is 22.3 Å². The number of aromatic amines is 1. The number of aryl methyl sites for hydroxylation is 3. The zero-order chi connectivity index (χ0) is 15.0. The molecule has 0 amide bonds. The SMILES string of the molecule is Cc1ccc(C)c(N=Nc2c(O)[nH]c3c(C)cccc23)c1. The highest BCUT2D eigenvalue weighted by atomic mass is 16.3. The zero-order valence-corrected chi connectivity index (χ0v) is 12.3. The molecule has 21 heavy (non-hydrogen) atoms. The number of aromatic hydroxyl groups is 1. The number of benzene rings is 2. The first-order valence-electron chi connectivity index (χ1n) is 6.85. The molecule has 0 radical (unpaired) electrons. The molecule has 0 saturated heterocycles. The molecule has 0 atom stereocenters. The van der Waals surface area contributed by atoms with E-state index >= 15 is 0 Å². The zero-order valence-electron chi connectivity index (χ0n) is 12.3. The summed E-state index contributed by atoms with van der Waals surface area (Å²) < 4.78 is 0. The number of H-pyrrole nitrogens is 1. The Kier molecular flexibility index (Phi) is 3.22. The molecule has 4 heteroatoms. The Bertz CT molecular complexity index is 847. The highest BCUT2D eigenvalue weighted by molar-refractivity contribution is 5.95. The molecular weight excluding hydrogens is 262 g/mol. The van der Waals surface area contributed by atoms with Crippen molar-refractivity contribution in [2.75, 3.05) is 0 Å². The van der Waals surface area contributed by atoms with Crippen molar-refractivity contribution in [2.24, 2.45) is 10.2 Å². The van der Waals surface area contributed by atoms with Gasteiger partial charge >= 0.3 is 0 Å². The van der Waals surface area contributed by atoms with Gasteiger partial charge in [0.05, 0.1) is 11.2 Å². The molecule has 3 rings (SSSR count). The molecule has 0 saturated carbocycles. The summed E-state index contributed by atoms with van der Waals surface area (Å²) >= 11 is 0. The Morgan fingerprint density at radius 2 is 1.76 bits per heavy atom. The standard InChI is InChI=1S/C17H17N3O/c1-10-7-8-11(2)14(9-10)19-20-16-13-6-4-5-12(3)15(13)18-17(16)21/h4-9,18,21H,1-3H3. The highest BCUT2D eigenvalue weighted by Gasteiger charge is 2.11. The third kappa shape index (κ3) is 2.40. The lowest BCUT2D eigenvalue weighted by molar-refractivity contribution is 0.459. The molecule has 3 aromatic rings. The van der Waals surface area contributed by atoms with Crippen LogP contribution in [0, 0.1) is 20.8 Å². The maximum atomic E-state index is 10.1. The summed E-state index contributed by atoms with van der Waals surface area (Å²) in [5.41, 5.74) is 5.44. The molecule has 1 aromatic heterocycles. The molecular formula is C17H17N3O. The average Bonchev–Trinajstić information content (AvgIpc) is 2.77. The fourth-order valence-electron chi connectivity index (χ4n) is 2.37. The first-order valence-corrected chi connectivity index (χ1v) is 6.85. The van der Waals surface area contributed by atoms with E-state index in [0.717, 1.165) is 33.3 Å². The van der Waals surface area contributed by atoms with Crippen LogP contribution in [0.2, 0.25) is 0 Å². The van der Waals surface area contributed by atoms with E-state index in [1.54, 1.807) is 0 Å². The van der Waals surface area contributed by atoms with Crippen LogP contribution in [0.4, 0.5) is 11.4 Å². The van der Waals surface area contributed by atoms with E-state index in [9.17, 15) is 5.11 Å². The van der Waals surface area contributed by atoms with Crippen LogP contribution in [-0.2, 0) is 0 Å². The summed E-state index contributed by atoms with van der Waals surface area (Å²) in [6, 6.07) is 11.9. The van der Waals surface area contributed by atoms with Gasteiger partial charge in [0.25, 0.3) is 0 Å². The molecule has 1 heterocycles. The van der Waals surface area contributed by atoms with E-state index in [2.05, 4.69) is 15.2 Å². The lowest BCUT2D eigenvalue weighted by Crippen LogP contribution is -1.76. The first-order chi connectivity index (χ1) is 10.1. The minimum absolute atomic E-state index is 0.0494. The summed E-state index contributed by atoms with van der Waals surface area (Å²) in [7, 11) is 0. The van der Waals surface area contributed by atoms with Gasteiger partial charge in [-0.25, -0.2) is 0 Å². The van der Waals surface area contributed by atoms with Crippen molar-refractivity contribution in [2.45, 2.75) is 20.8 Å². The molecule has 0 aliphatic carbocycles. The summed E-state index contributed by atoms with van der Waals surface area (Å²) in [5, 5.41) is 19.5. The van der Waals surface area contributed by atoms with E-state index in [1.807, 2.05) is 57.2 Å². The second-order valence-corrected chi connectivity index (χ2v) is 5.31. The quantitative estimate of drug-likeness (QED) is 0.621. The number of aromatic nitrogens is 1. The molecule has 106 valence electrons. The van der Waals surface area contributed by atoms with Crippen molar-refractivity contribution < 1.29 is 5.11 Å². The van der Waals surface area contributed by atoms with E-state index in [0.29, 0.717) is 5.69 Å². The van der Waals surface area contributed by atoms with Crippen LogP contribution >= 0.6 is 0 Å². The van der Waals surface area contributed by atoms with E-state index in [-0.39, 0.29) is 5.88 Å². The third-order valence-electron chi connectivity index (χ3n) is 3.62. The average molecular weight is 279 g/mol. The van der Waals surface area contributed by atoms with Crippen LogP contribution in [-0.4, -0.2) is 10.1 Å². The van der Waals surface area contributed by atoms with E-state index in [4.69, 9.17) is 0 Å². The van der Waals surface area contributed by atoms with Gasteiger partial charge in [-0.1, -0.05) is 30.3 Å². The van der Waals surface area contributed by atoms with Gasteiger partial charge in [-0.05, 0) is 43.5 Å². The molecule has 2 aromatic carbocycles. The fraction of sp³-hybridized carbons (Fsp3) is 0.176. The third-order valence-corrected chi connectivity index (χ3v) is 3.62. The summed E-state index contributed by atoms with van der Waals surface area (Å²) in [6.45, 7) is 6.00. The number of para-hydroxylation sites is 1. The minimum Gasteiger partial charge on any atom is -0.493 e. The molecule has 0 spiro atoms. The van der Waals surface area contributed by atoms with E-state index < -0.39 is 0 Å². The number of azo groups is 1. The van der Waals surface area contributed by atoms with Crippen LogP contribution in [0.3, 0.4) is 0 Å². The second-order valence-electron chi connectivity index (χ2n) is 5.31. The van der Waals surface area contributed by atoms with Crippen LogP contribution < -0.4 is 0 Å². The topological polar surface area (TPSA) is 60.7 Å². The van der Waals surface area contributed by atoms with Crippen LogP contribution in [0.25, 0.3) is 10.9 Å². The van der Waals surface area contributed by atoms with Gasteiger partial charge in [0.1, 0.15) is 0 Å². The van der Waals surface area contributed by atoms with Crippen molar-refractivity contribution in [1.82, 2.24) is 4.98 Å². The number of hydrogen-bond acceptors (Lipinski definition) is 3. The minimum atomic E-state index is 0.0494. The van der Waals surface area contributed by atoms with Gasteiger partial charge in [-0.15, -0.1) is 5.11 Å². The predicted octanol–water partition coefficient (Wildman–Crippen LogP) is 5.21. The number of rotatable bonds is 2. The molecule has 0 unspecified atom stereocenters. The molecule has 0 aliphatic heterocycles. The lowest BCUT2D eigenvalue weighted by atomic mass is 10.1. The molecule has 0 bridgehead atoms. The second kappa shape index (κ2) is 5.05. The van der Waals surface area contributed by atoms with Crippen molar-refractivity contribution in [3.05, 3.63) is 53.1 Å². The predicted molar refractivity (Wildman–Crippen MR) is 84.8 cm³/mol. The lowest BCUT2D eigenvalue weighted by Gasteiger charge is -2.00. The van der Waals surface area contributed by atoms with Gasteiger partial charge in [0.15, 0.2) is 5.69 Å². The summed E-state index contributed by atoms with van der Waals surface area (Å²) in [5.74, 6) is 0.0494. The molecule has 0 aliphatic rings. The molecule has 0 fully saturated rings. The van der Waals surface area contributed by atoms with E-state index in [1.165, 1.54) is 0 Å². The summed E-state index contributed by atoms with van der Waals surface area (Å²) in [6.07, 6.45) is 0. The van der Waals surface area contributed by atoms with Gasteiger partial charge in [0, 0.05) is 5.39 Å². The van der Waals surface area contributed by atoms with Crippen LogP contribution in [0.1, 0.15) is 16.7 Å². The largest absolute Gasteiger partial charge is 0.493 e. The maximum Gasteiger partial charge on any atom is 0.218 e. The van der Waals surface area contributed by atoms with Gasteiger partial charge in [-0.3, -0.25) is 0 Å². The highest BCUT2D eigenvalue weighted by Crippen LogP contribution is 2.37. The number of hydrogen-bond donors (Lipinski definition) is 2. The van der Waals surface area contributed by atoms with Gasteiger partial charge in [0.2, 0.25) is 5.88 Å². The van der Waals surface area contributed by atoms with Crippen LogP contribution in [0.15, 0.2) is 46.6 Å². The number of nitrogens with zero attached hydrogens (tertiary/aromatic N) is 2. The fourth-order valence-corrected chi connectivity index (χ4v) is 2.37. The normalized spacial score (nSPS) is 11.6. The Labute approximate surface area is 123 Å².